The van der Waals surface area contributed by atoms with E-state index >= 15 is 0 Å². The van der Waals surface area contributed by atoms with Crippen LogP contribution in [0.5, 0.6) is 0 Å². The molecule has 2 saturated heterocycles. The summed E-state index contributed by atoms with van der Waals surface area (Å²) in [5.74, 6) is 0.0728. The Morgan fingerprint density at radius 1 is 1.17 bits per heavy atom. The Labute approximate surface area is 139 Å². The van der Waals surface area contributed by atoms with Gasteiger partial charge in [-0.05, 0) is 14.1 Å². The minimum atomic E-state index is -3.16. The molecule has 0 N–H and O–H groups in total. The van der Waals surface area contributed by atoms with Crippen LogP contribution >= 0.6 is 0 Å². The van der Waals surface area contributed by atoms with E-state index in [4.69, 9.17) is 4.74 Å². The largest absolute Gasteiger partial charge is 0.374 e. The van der Waals surface area contributed by atoms with Gasteiger partial charge in [-0.25, -0.2) is 8.42 Å². The Bertz CT molecular complexity index is 503. The fourth-order valence-electron chi connectivity index (χ4n) is 3.00. The summed E-state index contributed by atoms with van der Waals surface area (Å²) >= 11 is 0. The van der Waals surface area contributed by atoms with Gasteiger partial charge in [0.15, 0.2) is 0 Å². The zero-order chi connectivity index (χ0) is 17.0. The second-order valence-electron chi connectivity index (χ2n) is 6.53. The van der Waals surface area contributed by atoms with Gasteiger partial charge in [0.25, 0.3) is 0 Å². The fourth-order valence-corrected chi connectivity index (χ4v) is 3.83. The minimum absolute atomic E-state index is 0.0728. The summed E-state index contributed by atoms with van der Waals surface area (Å²) in [6.07, 6.45) is 1.34. The maximum absolute atomic E-state index is 12.4. The molecular formula is C14H28N4O4S. The molecule has 1 amide bonds. The van der Waals surface area contributed by atoms with Crippen molar-refractivity contribution in [3.63, 3.8) is 0 Å². The molecule has 0 aromatic heterocycles. The van der Waals surface area contributed by atoms with Gasteiger partial charge in [-0.15, -0.1) is 0 Å². The van der Waals surface area contributed by atoms with Gasteiger partial charge in [0.1, 0.15) is 0 Å². The Kier molecular flexibility index (Phi) is 6.38. The normalized spacial score (nSPS) is 25.0. The summed E-state index contributed by atoms with van der Waals surface area (Å²) in [4.78, 5) is 18.4. The molecule has 23 heavy (non-hydrogen) atoms. The van der Waals surface area contributed by atoms with Gasteiger partial charge in [-0.1, -0.05) is 0 Å². The Morgan fingerprint density at radius 2 is 1.83 bits per heavy atom. The van der Waals surface area contributed by atoms with Crippen molar-refractivity contribution in [2.75, 3.05) is 79.3 Å². The van der Waals surface area contributed by atoms with E-state index in [9.17, 15) is 13.2 Å². The summed E-state index contributed by atoms with van der Waals surface area (Å²) < 4.78 is 30.1. The quantitative estimate of drug-likeness (QED) is 0.593. The number of carbonyl (C=O) groups is 1. The van der Waals surface area contributed by atoms with Gasteiger partial charge >= 0.3 is 0 Å². The van der Waals surface area contributed by atoms with Crippen LogP contribution in [-0.4, -0.2) is 119 Å². The Morgan fingerprint density at radius 3 is 2.39 bits per heavy atom. The molecule has 2 heterocycles. The smallest absolute Gasteiger partial charge is 0.236 e. The van der Waals surface area contributed by atoms with Crippen molar-refractivity contribution in [1.82, 2.24) is 19.0 Å². The van der Waals surface area contributed by atoms with E-state index in [1.807, 2.05) is 14.1 Å². The van der Waals surface area contributed by atoms with Gasteiger partial charge in [0.2, 0.25) is 15.9 Å². The number of hydrogen-bond donors (Lipinski definition) is 0. The number of nitrogens with zero attached hydrogens (tertiary/aromatic N) is 4. The number of hydrogen-bond acceptors (Lipinski definition) is 6. The van der Waals surface area contributed by atoms with Crippen molar-refractivity contribution in [2.45, 2.75) is 6.10 Å². The standard InChI is InChI=1S/C14H28N4O4S/c1-15(2)10-13-11-16(8-9-22-13)12-14(19)17-4-6-18(7-5-17)23(3,20)21/h13H,4-12H2,1-3H3. The molecule has 0 aliphatic carbocycles. The van der Waals surface area contributed by atoms with Crippen LogP contribution in [0.1, 0.15) is 0 Å². The number of sulfonamides is 1. The third-order valence-electron chi connectivity index (χ3n) is 4.21. The van der Waals surface area contributed by atoms with Crippen LogP contribution in [0.3, 0.4) is 0 Å². The minimum Gasteiger partial charge on any atom is -0.374 e. The highest BCUT2D eigenvalue weighted by Crippen LogP contribution is 2.09. The fraction of sp³-hybridized carbons (Fsp3) is 0.929. The van der Waals surface area contributed by atoms with Crippen molar-refractivity contribution in [1.29, 1.82) is 0 Å². The third kappa shape index (κ3) is 5.68. The molecule has 0 bridgehead atoms. The number of carbonyl (C=O) groups excluding carboxylic acids is 1. The predicted octanol–water partition coefficient (Wildman–Crippen LogP) is -1.65. The Balaban J connectivity index is 1.79. The van der Waals surface area contributed by atoms with Crippen molar-refractivity contribution < 1.29 is 17.9 Å². The monoisotopic (exact) mass is 348 g/mol. The SMILES string of the molecule is CN(C)CC1CN(CC(=O)N2CCN(S(C)(=O)=O)CC2)CCO1. The molecule has 9 heteroatoms. The second kappa shape index (κ2) is 7.89. The van der Waals surface area contributed by atoms with Crippen LogP contribution in [0.15, 0.2) is 0 Å². The highest BCUT2D eigenvalue weighted by Gasteiger charge is 2.28. The van der Waals surface area contributed by atoms with Crippen molar-refractivity contribution in [2.24, 2.45) is 0 Å². The summed E-state index contributed by atoms with van der Waals surface area (Å²) in [5.41, 5.74) is 0. The van der Waals surface area contributed by atoms with E-state index in [2.05, 4.69) is 9.80 Å². The first kappa shape index (κ1) is 18.6. The van der Waals surface area contributed by atoms with Gasteiger partial charge in [-0.2, -0.15) is 4.31 Å². The molecule has 0 spiro atoms. The zero-order valence-electron chi connectivity index (χ0n) is 14.3. The molecule has 1 unspecified atom stereocenters. The topological polar surface area (TPSA) is 73.4 Å². The molecule has 0 radical (unpaired) electrons. The van der Waals surface area contributed by atoms with Crippen LogP contribution in [0.4, 0.5) is 0 Å². The third-order valence-corrected chi connectivity index (χ3v) is 5.51. The highest BCUT2D eigenvalue weighted by molar-refractivity contribution is 7.88. The average Bonchev–Trinajstić information content (AvgIpc) is 2.46. The van der Waals surface area contributed by atoms with E-state index in [-0.39, 0.29) is 12.0 Å². The summed E-state index contributed by atoms with van der Waals surface area (Å²) in [6.45, 7) is 5.10. The van der Waals surface area contributed by atoms with Gasteiger partial charge in [0.05, 0.1) is 25.5 Å². The number of piperazine rings is 1. The number of ether oxygens (including phenoxy) is 1. The lowest BCUT2D eigenvalue weighted by atomic mass is 10.2. The van der Waals surface area contributed by atoms with Crippen molar-refractivity contribution in [3.8, 4) is 0 Å². The number of likely N-dealkylation sites (N-methyl/N-ethyl adjacent to an activating group) is 1. The van der Waals surface area contributed by atoms with Crippen LogP contribution in [-0.2, 0) is 19.6 Å². The predicted molar refractivity (Wildman–Crippen MR) is 87.7 cm³/mol. The second-order valence-corrected chi connectivity index (χ2v) is 8.52. The molecule has 2 fully saturated rings. The molecule has 8 nitrogen and oxygen atoms in total. The van der Waals surface area contributed by atoms with Gasteiger partial charge < -0.3 is 14.5 Å². The number of rotatable bonds is 5. The number of morpholine rings is 1. The molecule has 1 atom stereocenters. The van der Waals surface area contributed by atoms with Gasteiger partial charge in [0, 0.05) is 45.8 Å². The maximum atomic E-state index is 12.4. The molecule has 0 aromatic rings. The summed E-state index contributed by atoms with van der Waals surface area (Å²) in [5, 5.41) is 0. The molecule has 134 valence electrons. The van der Waals surface area contributed by atoms with Gasteiger partial charge in [-0.3, -0.25) is 9.69 Å². The van der Waals surface area contributed by atoms with E-state index in [0.29, 0.717) is 39.3 Å². The first-order chi connectivity index (χ1) is 10.8. The van der Waals surface area contributed by atoms with Crippen LogP contribution < -0.4 is 0 Å². The van der Waals surface area contributed by atoms with Crippen molar-refractivity contribution in [3.05, 3.63) is 0 Å². The number of amides is 1. The maximum Gasteiger partial charge on any atom is 0.236 e. The molecular weight excluding hydrogens is 320 g/mol. The van der Waals surface area contributed by atoms with Crippen LogP contribution in [0.25, 0.3) is 0 Å². The lowest BCUT2D eigenvalue weighted by Gasteiger charge is -2.37. The first-order valence-electron chi connectivity index (χ1n) is 7.97. The average molecular weight is 348 g/mol. The lowest BCUT2D eigenvalue weighted by molar-refractivity contribution is -0.135. The summed E-state index contributed by atoms with van der Waals surface area (Å²) in [7, 11) is 0.860. The first-order valence-corrected chi connectivity index (χ1v) is 9.82. The molecule has 0 saturated carbocycles. The van der Waals surface area contributed by atoms with E-state index in [1.165, 1.54) is 10.6 Å². The van der Waals surface area contributed by atoms with Crippen LogP contribution in [0, 0.1) is 0 Å². The highest BCUT2D eigenvalue weighted by atomic mass is 32.2. The molecule has 0 aromatic carbocycles. The molecule has 2 aliphatic rings. The summed E-state index contributed by atoms with van der Waals surface area (Å²) in [6, 6.07) is 0. The van der Waals surface area contributed by atoms with E-state index in [1.54, 1.807) is 4.90 Å². The Hall–Kier alpha value is -0.740. The van der Waals surface area contributed by atoms with E-state index < -0.39 is 10.0 Å². The van der Waals surface area contributed by atoms with Crippen LogP contribution in [0.2, 0.25) is 0 Å². The molecule has 2 aliphatic heterocycles. The zero-order valence-corrected chi connectivity index (χ0v) is 15.1. The molecule has 2 rings (SSSR count). The van der Waals surface area contributed by atoms with E-state index in [0.717, 1.165) is 19.6 Å². The van der Waals surface area contributed by atoms with Crippen molar-refractivity contribution >= 4 is 15.9 Å². The lowest BCUT2D eigenvalue weighted by Crippen LogP contribution is -2.54.